The molecule has 0 saturated heterocycles. The number of carbonyl (C=O) groups excluding carboxylic acids is 2. The zero-order valence-corrected chi connectivity index (χ0v) is 15.4. The number of nitrogens with one attached hydrogen (secondary N) is 3. The van der Waals surface area contributed by atoms with Gasteiger partial charge < -0.3 is 25.4 Å². The van der Waals surface area contributed by atoms with Crippen LogP contribution in [0.25, 0.3) is 11.0 Å². The predicted molar refractivity (Wildman–Crippen MR) is 105 cm³/mol. The number of nitro groups is 1. The van der Waals surface area contributed by atoms with Crippen molar-refractivity contribution in [3.8, 4) is 0 Å². The minimum atomic E-state index is -0.572. The Morgan fingerprint density at radius 1 is 1.28 bits per heavy atom. The highest BCUT2D eigenvalue weighted by Crippen LogP contribution is 2.24. The third-order valence-corrected chi connectivity index (χ3v) is 4.11. The van der Waals surface area contributed by atoms with Gasteiger partial charge >= 0.3 is 0 Å². The molecular formula is C18H18N6O5. The number of furan rings is 1. The van der Waals surface area contributed by atoms with E-state index in [1.807, 2.05) is 0 Å². The van der Waals surface area contributed by atoms with E-state index in [4.69, 9.17) is 15.6 Å². The minimum absolute atomic E-state index is 0.0288. The van der Waals surface area contributed by atoms with Gasteiger partial charge in [-0.3, -0.25) is 25.1 Å². The molecule has 1 aromatic carbocycles. The molecule has 0 atom stereocenters. The number of amidine groups is 1. The largest absolute Gasteiger partial charge is 0.451 e. The normalized spacial score (nSPS) is 10.7. The molecule has 11 nitrogen and oxygen atoms in total. The molecule has 0 unspecified atom stereocenters. The molecule has 11 heteroatoms. The van der Waals surface area contributed by atoms with Crippen LogP contribution in [0.5, 0.6) is 0 Å². The molecule has 0 radical (unpaired) electrons. The molecule has 0 aliphatic heterocycles. The number of benzene rings is 1. The Hall–Kier alpha value is -4.15. The van der Waals surface area contributed by atoms with Crippen molar-refractivity contribution in [3.05, 3.63) is 58.1 Å². The van der Waals surface area contributed by atoms with Crippen LogP contribution in [-0.2, 0) is 7.05 Å². The van der Waals surface area contributed by atoms with E-state index in [2.05, 4.69) is 10.6 Å². The standard InChI is InChI=1S/C18H18N6O5/c1-23-9-12(24(27)28)8-13(23)17(25)22-11-2-3-14-10(6-11)7-15(29-14)18(26)21-5-4-16(19)20/h2-3,6-9H,4-5H2,1H3,(H3,19,20)(H,21,26)(H,22,25). The molecule has 0 aliphatic carbocycles. The molecule has 0 spiro atoms. The first-order valence-corrected chi connectivity index (χ1v) is 8.51. The predicted octanol–water partition coefficient (Wildman–Crippen LogP) is 1.99. The number of aryl methyl sites for hydroxylation is 1. The van der Waals surface area contributed by atoms with Gasteiger partial charge in [-0.1, -0.05) is 0 Å². The maximum Gasteiger partial charge on any atom is 0.287 e. The number of nitrogens with two attached hydrogens (primary N) is 1. The smallest absolute Gasteiger partial charge is 0.287 e. The van der Waals surface area contributed by atoms with Crippen molar-refractivity contribution in [3.63, 3.8) is 0 Å². The highest BCUT2D eigenvalue weighted by atomic mass is 16.6. The number of amides is 2. The Kier molecular flexibility index (Phi) is 5.30. The van der Waals surface area contributed by atoms with Crippen molar-refractivity contribution in [1.29, 1.82) is 5.41 Å². The van der Waals surface area contributed by atoms with Gasteiger partial charge in [-0.25, -0.2) is 0 Å². The summed E-state index contributed by atoms with van der Waals surface area (Å²) in [5.74, 6) is -0.890. The third kappa shape index (κ3) is 4.40. The lowest BCUT2D eigenvalue weighted by Crippen LogP contribution is -2.27. The van der Waals surface area contributed by atoms with Crippen LogP contribution in [0.2, 0.25) is 0 Å². The summed E-state index contributed by atoms with van der Waals surface area (Å²) in [5.41, 5.74) is 6.09. The number of fused-ring (bicyclic) bond motifs is 1. The summed E-state index contributed by atoms with van der Waals surface area (Å²) in [7, 11) is 1.54. The Bertz CT molecular complexity index is 1130. The average molecular weight is 398 g/mol. The van der Waals surface area contributed by atoms with Crippen LogP contribution in [0, 0.1) is 15.5 Å². The van der Waals surface area contributed by atoms with Gasteiger partial charge in [0.05, 0.1) is 17.0 Å². The van der Waals surface area contributed by atoms with Gasteiger partial charge in [0.15, 0.2) is 5.76 Å². The van der Waals surface area contributed by atoms with E-state index in [0.717, 1.165) is 0 Å². The summed E-state index contributed by atoms with van der Waals surface area (Å²) >= 11 is 0. The van der Waals surface area contributed by atoms with E-state index in [1.165, 1.54) is 29.9 Å². The Morgan fingerprint density at radius 3 is 2.69 bits per heavy atom. The number of rotatable bonds is 7. The van der Waals surface area contributed by atoms with Crippen molar-refractivity contribution in [2.24, 2.45) is 12.8 Å². The fourth-order valence-electron chi connectivity index (χ4n) is 2.70. The summed E-state index contributed by atoms with van der Waals surface area (Å²) in [5, 5.41) is 23.9. The molecular weight excluding hydrogens is 380 g/mol. The molecule has 3 aromatic rings. The maximum atomic E-state index is 12.4. The topological polar surface area (TPSA) is 169 Å². The third-order valence-electron chi connectivity index (χ3n) is 4.11. The zero-order chi connectivity index (χ0) is 21.1. The maximum absolute atomic E-state index is 12.4. The number of carbonyl (C=O) groups is 2. The summed E-state index contributed by atoms with van der Waals surface area (Å²) in [6.45, 7) is 0.218. The van der Waals surface area contributed by atoms with Gasteiger partial charge in [-0.15, -0.1) is 0 Å². The monoisotopic (exact) mass is 398 g/mol. The fraction of sp³-hybridized carbons (Fsp3) is 0.167. The number of aromatic nitrogens is 1. The molecule has 29 heavy (non-hydrogen) atoms. The Balaban J connectivity index is 1.74. The summed E-state index contributed by atoms with van der Waals surface area (Å²) in [6, 6.07) is 7.54. The van der Waals surface area contributed by atoms with Crippen LogP contribution >= 0.6 is 0 Å². The Morgan fingerprint density at radius 2 is 2.03 bits per heavy atom. The second kappa shape index (κ2) is 7.84. The summed E-state index contributed by atoms with van der Waals surface area (Å²) in [6.07, 6.45) is 1.49. The Labute approximate surface area is 164 Å². The van der Waals surface area contributed by atoms with Gasteiger partial charge in [0.1, 0.15) is 11.3 Å². The molecule has 150 valence electrons. The number of hydrogen-bond acceptors (Lipinski definition) is 6. The van der Waals surface area contributed by atoms with Gasteiger partial charge in [-0.05, 0) is 24.3 Å². The van der Waals surface area contributed by atoms with E-state index >= 15 is 0 Å². The minimum Gasteiger partial charge on any atom is -0.451 e. The average Bonchev–Trinajstić information content (AvgIpc) is 3.24. The van der Waals surface area contributed by atoms with Gasteiger partial charge in [0.2, 0.25) is 0 Å². The number of anilines is 1. The highest BCUT2D eigenvalue weighted by Gasteiger charge is 2.18. The molecule has 0 bridgehead atoms. The second-order valence-electron chi connectivity index (χ2n) is 6.30. The first-order chi connectivity index (χ1) is 13.7. The molecule has 2 heterocycles. The van der Waals surface area contributed by atoms with Crippen molar-refractivity contribution in [1.82, 2.24) is 9.88 Å². The van der Waals surface area contributed by atoms with Gasteiger partial charge in [0.25, 0.3) is 17.5 Å². The van der Waals surface area contributed by atoms with Crippen LogP contribution in [0.3, 0.4) is 0 Å². The lowest BCUT2D eigenvalue weighted by atomic mass is 10.2. The quantitative estimate of drug-likeness (QED) is 0.205. The van der Waals surface area contributed by atoms with E-state index in [1.54, 1.807) is 18.2 Å². The lowest BCUT2D eigenvalue weighted by Gasteiger charge is -2.05. The van der Waals surface area contributed by atoms with E-state index in [9.17, 15) is 19.7 Å². The first-order valence-electron chi connectivity index (χ1n) is 8.51. The molecule has 2 aromatic heterocycles. The number of hydrogen-bond donors (Lipinski definition) is 4. The zero-order valence-electron chi connectivity index (χ0n) is 15.4. The molecule has 5 N–H and O–H groups in total. The van der Waals surface area contributed by atoms with E-state index < -0.39 is 16.7 Å². The van der Waals surface area contributed by atoms with E-state index in [0.29, 0.717) is 16.7 Å². The van der Waals surface area contributed by atoms with Crippen LogP contribution in [-0.4, -0.2) is 33.7 Å². The lowest BCUT2D eigenvalue weighted by molar-refractivity contribution is -0.384. The van der Waals surface area contributed by atoms with Crippen molar-refractivity contribution in [2.75, 3.05) is 11.9 Å². The van der Waals surface area contributed by atoms with Crippen molar-refractivity contribution >= 4 is 40.0 Å². The van der Waals surface area contributed by atoms with Crippen LogP contribution < -0.4 is 16.4 Å². The van der Waals surface area contributed by atoms with Gasteiger partial charge in [0, 0.05) is 37.2 Å². The number of nitrogens with zero attached hydrogens (tertiary/aromatic N) is 2. The second-order valence-corrected chi connectivity index (χ2v) is 6.30. The van der Waals surface area contributed by atoms with Crippen LogP contribution in [0.15, 0.2) is 40.9 Å². The van der Waals surface area contributed by atoms with E-state index in [-0.39, 0.29) is 35.9 Å². The highest BCUT2D eigenvalue weighted by molar-refractivity contribution is 6.05. The first kappa shape index (κ1) is 19.6. The molecule has 0 aliphatic rings. The molecule has 3 rings (SSSR count). The van der Waals surface area contributed by atoms with Crippen LogP contribution in [0.1, 0.15) is 27.5 Å². The van der Waals surface area contributed by atoms with Crippen LogP contribution in [0.4, 0.5) is 11.4 Å². The van der Waals surface area contributed by atoms with Crippen molar-refractivity contribution < 1.29 is 18.9 Å². The van der Waals surface area contributed by atoms with Crippen molar-refractivity contribution in [2.45, 2.75) is 6.42 Å². The van der Waals surface area contributed by atoms with Gasteiger partial charge in [-0.2, -0.15) is 0 Å². The molecule has 0 fully saturated rings. The summed E-state index contributed by atoms with van der Waals surface area (Å²) in [4.78, 5) is 34.8. The SMILES string of the molecule is Cn1cc([N+](=O)[O-])cc1C(=O)Nc1ccc2oc(C(=O)NCCC(=N)N)cc2c1. The molecule has 2 amide bonds. The fourth-order valence-corrected chi connectivity index (χ4v) is 2.70. The summed E-state index contributed by atoms with van der Waals surface area (Å²) < 4.78 is 6.86. The molecule has 0 saturated carbocycles.